The van der Waals surface area contributed by atoms with Crippen LogP contribution in [0.4, 0.5) is 0 Å². The fraction of sp³-hybridized carbons (Fsp3) is 0.381. The summed E-state index contributed by atoms with van der Waals surface area (Å²) in [7, 11) is 0. The Morgan fingerprint density at radius 3 is 2.20 bits per heavy atom. The van der Waals surface area contributed by atoms with Crippen molar-refractivity contribution in [1.29, 1.82) is 0 Å². The van der Waals surface area contributed by atoms with Gasteiger partial charge < -0.3 is 27.3 Å². The Hall–Kier alpha value is -4.46. The summed E-state index contributed by atoms with van der Waals surface area (Å²) in [6.45, 7) is 10.9. The van der Waals surface area contributed by atoms with Gasteiger partial charge in [-0.15, -0.1) is 0 Å². The second-order valence-corrected chi connectivity index (χ2v) is 14.0. The van der Waals surface area contributed by atoms with Crippen LogP contribution in [0.5, 0.6) is 5.75 Å². The molecular weight excluding hydrogens is 612 g/mol. The average molecular weight is 669 g/mol. The summed E-state index contributed by atoms with van der Waals surface area (Å²) >= 11 is 0. The molecule has 4 aromatic carbocycles. The van der Waals surface area contributed by atoms with Crippen LogP contribution in [0, 0.1) is 18.8 Å². The quantitative estimate of drug-likeness (QED) is 0.105. The Labute approximate surface area is 291 Å². The van der Waals surface area contributed by atoms with Gasteiger partial charge in [-0.3, -0.25) is 4.79 Å². The second-order valence-electron chi connectivity index (χ2n) is 14.0. The number of benzene rings is 4. The predicted octanol–water partition coefficient (Wildman–Crippen LogP) is 10.4. The van der Waals surface area contributed by atoms with Gasteiger partial charge in [-0.1, -0.05) is 88.4 Å². The molecule has 262 valence electrons. The predicted molar refractivity (Wildman–Crippen MR) is 201 cm³/mol. The van der Waals surface area contributed by atoms with E-state index < -0.39 is 11.9 Å². The van der Waals surface area contributed by atoms with E-state index in [1.807, 2.05) is 24.3 Å². The van der Waals surface area contributed by atoms with E-state index >= 15 is 0 Å². The van der Waals surface area contributed by atoms with Gasteiger partial charge in [0.2, 0.25) is 0 Å². The lowest BCUT2D eigenvalue weighted by Gasteiger charge is -2.24. The van der Waals surface area contributed by atoms with E-state index in [1.165, 1.54) is 38.9 Å². The molecule has 0 aromatic heterocycles. The minimum atomic E-state index is -0.993. The second kappa shape index (κ2) is 17.3. The molecule has 49 heavy (non-hydrogen) atoms. The summed E-state index contributed by atoms with van der Waals surface area (Å²) in [5, 5.41) is 18.6. The monoisotopic (exact) mass is 668 g/mol. The van der Waals surface area contributed by atoms with Crippen LogP contribution in [0.25, 0.3) is 22.3 Å². The zero-order valence-electron chi connectivity index (χ0n) is 30.4. The highest BCUT2D eigenvalue weighted by Crippen LogP contribution is 2.49. The third kappa shape index (κ3) is 9.58. The number of aliphatic carboxylic acids is 2. The highest BCUT2D eigenvalue weighted by Gasteiger charge is 2.31. The SMILES string of the molecule is Cc1cc(-c2ccc(CCC(=O)O)cc2CC(C)C)c2c(c1-c1ccc(OCC(=O)O)c(Cc3ccccc3)c1)C(CC(C)C)CC2.[NH4+].[NH4+]. The fourth-order valence-corrected chi connectivity index (χ4v) is 7.39. The molecule has 0 fully saturated rings. The molecule has 0 saturated carbocycles. The maximum Gasteiger partial charge on any atom is 0.341 e. The molecule has 0 bridgehead atoms. The number of rotatable bonds is 14. The maximum atomic E-state index is 11.4. The van der Waals surface area contributed by atoms with Crippen LogP contribution in [0.2, 0.25) is 0 Å². The third-order valence-electron chi connectivity index (χ3n) is 9.23. The van der Waals surface area contributed by atoms with E-state index in [-0.39, 0.29) is 25.3 Å². The van der Waals surface area contributed by atoms with Gasteiger partial charge in [-0.2, -0.15) is 0 Å². The van der Waals surface area contributed by atoms with Gasteiger partial charge >= 0.3 is 11.9 Å². The van der Waals surface area contributed by atoms with Crippen LogP contribution < -0.4 is 17.0 Å². The van der Waals surface area contributed by atoms with Crippen LogP contribution in [-0.4, -0.2) is 28.8 Å². The van der Waals surface area contributed by atoms with Crippen LogP contribution in [0.3, 0.4) is 0 Å². The summed E-state index contributed by atoms with van der Waals surface area (Å²) in [6, 6.07) is 25.4. The van der Waals surface area contributed by atoms with E-state index in [9.17, 15) is 19.8 Å². The van der Waals surface area contributed by atoms with Gasteiger partial charge in [0, 0.05) is 12.8 Å². The van der Waals surface area contributed by atoms with Crippen LogP contribution >= 0.6 is 0 Å². The molecule has 0 spiro atoms. The molecule has 10 N–H and O–H groups in total. The zero-order valence-corrected chi connectivity index (χ0v) is 30.4. The third-order valence-corrected chi connectivity index (χ3v) is 9.23. The first-order chi connectivity index (χ1) is 22.5. The molecule has 1 aliphatic carbocycles. The number of quaternary nitrogens is 2. The fourth-order valence-electron chi connectivity index (χ4n) is 7.39. The molecular formula is C42H56N2O5+2. The van der Waals surface area contributed by atoms with E-state index in [2.05, 4.69) is 83.1 Å². The van der Waals surface area contributed by atoms with Gasteiger partial charge in [-0.05, 0) is 130 Å². The normalized spacial score (nSPS) is 13.5. The minimum Gasteiger partial charge on any atom is -0.482 e. The van der Waals surface area contributed by atoms with Crippen molar-refractivity contribution in [2.24, 2.45) is 11.8 Å². The number of ether oxygens (including phenoxy) is 1. The lowest BCUT2D eigenvalue weighted by Crippen LogP contribution is -2.11. The Morgan fingerprint density at radius 2 is 1.55 bits per heavy atom. The molecule has 4 aromatic rings. The molecule has 0 saturated heterocycles. The van der Waals surface area contributed by atoms with E-state index in [4.69, 9.17) is 4.74 Å². The molecule has 1 atom stereocenters. The van der Waals surface area contributed by atoms with Crippen LogP contribution in [0.1, 0.15) is 91.8 Å². The van der Waals surface area contributed by atoms with Crippen LogP contribution in [-0.2, 0) is 35.3 Å². The maximum absolute atomic E-state index is 11.4. The van der Waals surface area contributed by atoms with Crippen molar-refractivity contribution in [3.63, 3.8) is 0 Å². The summed E-state index contributed by atoms with van der Waals surface area (Å²) in [4.78, 5) is 22.7. The van der Waals surface area contributed by atoms with E-state index in [0.29, 0.717) is 36.3 Å². The standard InChI is InChI=1S/C42H48O5.2H3N/c1-26(2)19-31-13-16-36-37(35-15-11-30(12-18-39(43)44)22-33(35)20-27(3)4)21-28(5)41(42(31)36)32-14-17-38(47-25-40(45)46)34(24-32)23-29-9-7-6-8-10-29;;/h6-11,14-15,17,21-22,24,26-27,31H,12-13,16,18-20,23,25H2,1-5H3,(H,43,44)(H,45,46);2*1H3/p+2. The Balaban J connectivity index is 0.00000325. The molecule has 7 heteroatoms. The largest absolute Gasteiger partial charge is 0.482 e. The van der Waals surface area contributed by atoms with Gasteiger partial charge in [0.05, 0.1) is 0 Å². The van der Waals surface area contributed by atoms with Gasteiger partial charge in [0.25, 0.3) is 0 Å². The van der Waals surface area contributed by atoms with Gasteiger partial charge in [-0.25, -0.2) is 4.79 Å². The summed E-state index contributed by atoms with van der Waals surface area (Å²) < 4.78 is 5.79. The molecule has 0 radical (unpaired) electrons. The Bertz CT molecular complexity index is 1750. The summed E-state index contributed by atoms with van der Waals surface area (Å²) in [5.74, 6) is 0.317. The van der Waals surface area contributed by atoms with Gasteiger partial charge in [0.1, 0.15) is 5.75 Å². The van der Waals surface area contributed by atoms with Crippen molar-refractivity contribution in [1.82, 2.24) is 12.3 Å². The first-order valence-electron chi connectivity index (χ1n) is 17.0. The molecule has 0 aliphatic heterocycles. The van der Waals surface area contributed by atoms with Crippen molar-refractivity contribution in [3.05, 3.63) is 112 Å². The lowest BCUT2D eigenvalue weighted by atomic mass is 9.80. The first kappa shape index (κ1) is 39.0. The lowest BCUT2D eigenvalue weighted by molar-refractivity contribution is -0.139. The number of carboxylic acids is 2. The van der Waals surface area contributed by atoms with Crippen molar-refractivity contribution >= 4 is 11.9 Å². The van der Waals surface area contributed by atoms with Crippen molar-refractivity contribution in [2.75, 3.05) is 6.61 Å². The van der Waals surface area contributed by atoms with Crippen LogP contribution in [0.15, 0.2) is 72.8 Å². The topological polar surface area (TPSA) is 157 Å². The molecule has 0 amide bonds. The average Bonchev–Trinajstić information content (AvgIpc) is 3.42. The molecule has 5 rings (SSSR count). The highest BCUT2D eigenvalue weighted by molar-refractivity contribution is 5.83. The smallest absolute Gasteiger partial charge is 0.341 e. The number of carbonyl (C=O) groups is 2. The summed E-state index contributed by atoms with van der Waals surface area (Å²) in [6.07, 6.45) is 5.50. The number of carboxylic acid groups (broad SMARTS) is 2. The summed E-state index contributed by atoms with van der Waals surface area (Å²) in [5.41, 5.74) is 13.6. The van der Waals surface area contributed by atoms with Gasteiger partial charge in [0.15, 0.2) is 6.61 Å². The molecule has 1 unspecified atom stereocenters. The minimum absolute atomic E-state index is 0. The van der Waals surface area contributed by atoms with E-state index in [1.54, 1.807) is 0 Å². The number of fused-ring (bicyclic) bond motifs is 1. The zero-order chi connectivity index (χ0) is 33.7. The van der Waals surface area contributed by atoms with Crippen molar-refractivity contribution in [3.8, 4) is 28.0 Å². The molecule has 7 nitrogen and oxygen atoms in total. The first-order valence-corrected chi connectivity index (χ1v) is 17.0. The number of hydrogen-bond donors (Lipinski definition) is 4. The van der Waals surface area contributed by atoms with Crippen molar-refractivity contribution in [2.45, 2.75) is 85.5 Å². The molecule has 0 heterocycles. The number of aryl methyl sites for hydroxylation is 2. The Kier molecular flexibility index (Phi) is 13.7. The molecule has 1 aliphatic rings. The number of hydrogen-bond acceptors (Lipinski definition) is 3. The van der Waals surface area contributed by atoms with E-state index in [0.717, 1.165) is 47.9 Å². The Morgan fingerprint density at radius 1 is 0.816 bits per heavy atom. The highest BCUT2D eigenvalue weighted by atomic mass is 16.5. The van der Waals surface area contributed by atoms with Crippen molar-refractivity contribution < 1.29 is 24.5 Å².